The first-order valence-electron chi connectivity index (χ1n) is 12.4. The molecule has 206 valence electrons. The summed E-state index contributed by atoms with van der Waals surface area (Å²) in [5.74, 6) is -0.739. The van der Waals surface area contributed by atoms with Crippen molar-refractivity contribution in [3.63, 3.8) is 0 Å². The zero-order valence-corrected chi connectivity index (χ0v) is 21.8. The van der Waals surface area contributed by atoms with E-state index in [2.05, 4.69) is 5.32 Å². The molecule has 0 unspecified atom stereocenters. The fourth-order valence-electron chi connectivity index (χ4n) is 4.82. The zero-order chi connectivity index (χ0) is 27.1. The summed E-state index contributed by atoms with van der Waals surface area (Å²) in [4.78, 5) is 27.8. The van der Waals surface area contributed by atoms with E-state index in [4.69, 9.17) is 18.9 Å². The quantitative estimate of drug-likeness (QED) is 0.265. The normalized spacial score (nSPS) is 22.1. The molecule has 1 aromatic rings. The molecule has 0 fully saturated rings. The van der Waals surface area contributed by atoms with Gasteiger partial charge in [-0.3, -0.25) is 9.59 Å². The lowest BCUT2D eigenvalue weighted by molar-refractivity contribution is -0.141. The van der Waals surface area contributed by atoms with Crippen molar-refractivity contribution >= 4 is 11.8 Å². The Kier molecular flexibility index (Phi) is 10.3. The number of amides is 2. The molecule has 1 aliphatic carbocycles. The number of hydrogen-bond acceptors (Lipinski definition) is 9. The standard InChI is InChI=1S/C26H38N2O9/c1-15(2)36-9-5-7-28(21(31)14-34-3)19-12-18(26(33)27-6-8-29)22-17-10-16(13-30)11-20(35-4)24(17)37-25(22)23(19)32/h10-12,15,19,22-23,25,29-30,32H,5-9,13-14H2,1-4H3,(H,27,33)/t19-,22+,23+,25+/m1/s1. The van der Waals surface area contributed by atoms with Crippen LogP contribution in [0.15, 0.2) is 23.8 Å². The Hall–Kier alpha value is -2.70. The van der Waals surface area contributed by atoms with E-state index in [-0.39, 0.29) is 44.9 Å². The second-order valence-corrected chi connectivity index (χ2v) is 9.31. The van der Waals surface area contributed by atoms with E-state index in [0.717, 1.165) is 0 Å². The maximum Gasteiger partial charge on any atom is 0.249 e. The van der Waals surface area contributed by atoms with Crippen molar-refractivity contribution in [3.05, 3.63) is 34.9 Å². The van der Waals surface area contributed by atoms with Crippen LogP contribution in [0.5, 0.6) is 11.5 Å². The van der Waals surface area contributed by atoms with E-state index < -0.39 is 30.1 Å². The summed E-state index contributed by atoms with van der Waals surface area (Å²) >= 11 is 0. The van der Waals surface area contributed by atoms with Crippen LogP contribution in [0.3, 0.4) is 0 Å². The Morgan fingerprint density at radius 2 is 1.97 bits per heavy atom. The van der Waals surface area contributed by atoms with Crippen molar-refractivity contribution in [2.24, 2.45) is 0 Å². The van der Waals surface area contributed by atoms with Gasteiger partial charge in [0, 0.05) is 37.9 Å². The molecule has 37 heavy (non-hydrogen) atoms. The molecule has 0 aromatic heterocycles. The molecule has 0 radical (unpaired) electrons. The number of carbonyl (C=O) groups excluding carboxylic acids is 2. The number of benzene rings is 1. The fraction of sp³-hybridized carbons (Fsp3) is 0.615. The van der Waals surface area contributed by atoms with Crippen LogP contribution in [0, 0.1) is 0 Å². The molecule has 4 atom stereocenters. The molecule has 1 aliphatic heterocycles. The van der Waals surface area contributed by atoms with Gasteiger partial charge in [0.25, 0.3) is 0 Å². The molecule has 2 aliphatic rings. The third-order valence-electron chi connectivity index (χ3n) is 6.44. The smallest absolute Gasteiger partial charge is 0.249 e. The number of aliphatic hydroxyl groups excluding tert-OH is 3. The lowest BCUT2D eigenvalue weighted by Gasteiger charge is -2.40. The van der Waals surface area contributed by atoms with Gasteiger partial charge in [-0.05, 0) is 44.0 Å². The van der Waals surface area contributed by atoms with Gasteiger partial charge < -0.3 is 44.5 Å². The predicted octanol–water partition coefficient (Wildman–Crippen LogP) is 0.100. The molecule has 0 saturated heterocycles. The molecule has 1 heterocycles. The van der Waals surface area contributed by atoms with Gasteiger partial charge >= 0.3 is 0 Å². The van der Waals surface area contributed by atoms with E-state index >= 15 is 0 Å². The van der Waals surface area contributed by atoms with Crippen molar-refractivity contribution in [3.8, 4) is 11.5 Å². The van der Waals surface area contributed by atoms with Crippen LogP contribution in [-0.2, 0) is 25.7 Å². The third-order valence-corrected chi connectivity index (χ3v) is 6.44. The number of carbonyl (C=O) groups is 2. The Labute approximate surface area is 216 Å². The van der Waals surface area contributed by atoms with Gasteiger partial charge in [0.1, 0.15) is 18.8 Å². The molecule has 0 saturated carbocycles. The van der Waals surface area contributed by atoms with E-state index in [0.29, 0.717) is 41.2 Å². The molecule has 2 amide bonds. The van der Waals surface area contributed by atoms with Crippen LogP contribution >= 0.6 is 0 Å². The largest absolute Gasteiger partial charge is 0.493 e. The van der Waals surface area contributed by atoms with E-state index in [1.165, 1.54) is 19.1 Å². The molecule has 0 bridgehead atoms. The fourth-order valence-corrected chi connectivity index (χ4v) is 4.82. The van der Waals surface area contributed by atoms with Gasteiger partial charge in [0.15, 0.2) is 11.5 Å². The average Bonchev–Trinajstić information content (AvgIpc) is 3.27. The number of rotatable bonds is 13. The van der Waals surface area contributed by atoms with Crippen molar-refractivity contribution in [1.29, 1.82) is 0 Å². The molecule has 4 N–H and O–H groups in total. The highest BCUT2D eigenvalue weighted by Gasteiger charge is 2.51. The van der Waals surface area contributed by atoms with Gasteiger partial charge in [-0.15, -0.1) is 0 Å². The highest BCUT2D eigenvalue weighted by molar-refractivity contribution is 5.96. The van der Waals surface area contributed by atoms with Gasteiger partial charge in [-0.2, -0.15) is 0 Å². The van der Waals surface area contributed by atoms with Crippen LogP contribution in [-0.4, -0.2) is 104 Å². The highest BCUT2D eigenvalue weighted by atomic mass is 16.5. The van der Waals surface area contributed by atoms with E-state index in [1.807, 2.05) is 13.8 Å². The van der Waals surface area contributed by atoms with Gasteiger partial charge in [0.05, 0.1) is 38.4 Å². The number of nitrogens with one attached hydrogen (secondary N) is 1. The van der Waals surface area contributed by atoms with Crippen molar-refractivity contribution in [1.82, 2.24) is 10.2 Å². The summed E-state index contributed by atoms with van der Waals surface area (Å²) < 4.78 is 22.3. The lowest BCUT2D eigenvalue weighted by Crippen LogP contribution is -2.56. The Morgan fingerprint density at radius 3 is 2.59 bits per heavy atom. The van der Waals surface area contributed by atoms with Crippen molar-refractivity contribution < 1.29 is 43.9 Å². The second-order valence-electron chi connectivity index (χ2n) is 9.31. The van der Waals surface area contributed by atoms with Gasteiger partial charge in [-0.25, -0.2) is 0 Å². The lowest BCUT2D eigenvalue weighted by atomic mass is 9.77. The zero-order valence-electron chi connectivity index (χ0n) is 21.8. The summed E-state index contributed by atoms with van der Waals surface area (Å²) in [6, 6.07) is 2.48. The summed E-state index contributed by atoms with van der Waals surface area (Å²) in [6.45, 7) is 3.86. The molecule has 3 rings (SSSR count). The van der Waals surface area contributed by atoms with Gasteiger partial charge in [0.2, 0.25) is 11.8 Å². The Morgan fingerprint density at radius 1 is 1.22 bits per heavy atom. The first-order valence-corrected chi connectivity index (χ1v) is 12.4. The predicted molar refractivity (Wildman–Crippen MR) is 133 cm³/mol. The topological polar surface area (TPSA) is 147 Å². The minimum absolute atomic E-state index is 0.0351. The summed E-state index contributed by atoms with van der Waals surface area (Å²) in [7, 11) is 2.88. The third kappa shape index (κ3) is 6.42. The second kappa shape index (κ2) is 13.2. The maximum atomic E-state index is 13.3. The molecule has 0 spiro atoms. The minimum atomic E-state index is -1.18. The molecular weight excluding hydrogens is 484 g/mol. The number of hydrogen-bond donors (Lipinski definition) is 4. The van der Waals surface area contributed by atoms with Crippen LogP contribution in [0.1, 0.15) is 37.3 Å². The van der Waals surface area contributed by atoms with Gasteiger partial charge in [-0.1, -0.05) is 0 Å². The average molecular weight is 523 g/mol. The number of ether oxygens (including phenoxy) is 4. The SMILES string of the molecule is COCC(=O)N(CCCOC(C)C)[C@@H]1C=C(C(=O)NCCO)[C@@H]2c3cc(CO)cc(OC)c3O[C@@H]2[C@H]1O. The summed E-state index contributed by atoms with van der Waals surface area (Å²) in [5.41, 5.74) is 1.45. The van der Waals surface area contributed by atoms with Crippen LogP contribution in [0.25, 0.3) is 0 Å². The summed E-state index contributed by atoms with van der Waals surface area (Å²) in [5, 5.41) is 33.2. The first-order chi connectivity index (χ1) is 17.8. The number of fused-ring (bicyclic) bond motifs is 3. The van der Waals surface area contributed by atoms with Crippen LogP contribution in [0.2, 0.25) is 0 Å². The number of aliphatic hydroxyl groups is 3. The minimum Gasteiger partial charge on any atom is -0.493 e. The summed E-state index contributed by atoms with van der Waals surface area (Å²) in [6.07, 6.45) is 0.0642. The molecule has 11 heteroatoms. The van der Waals surface area contributed by atoms with E-state index in [1.54, 1.807) is 18.2 Å². The Balaban J connectivity index is 2.04. The van der Waals surface area contributed by atoms with E-state index in [9.17, 15) is 24.9 Å². The first kappa shape index (κ1) is 28.9. The highest BCUT2D eigenvalue weighted by Crippen LogP contribution is 2.51. The maximum absolute atomic E-state index is 13.3. The molecule has 11 nitrogen and oxygen atoms in total. The molecular formula is C26H38N2O9. The van der Waals surface area contributed by atoms with Crippen molar-refractivity contribution in [2.75, 3.05) is 47.1 Å². The van der Waals surface area contributed by atoms with Crippen molar-refractivity contribution in [2.45, 2.75) is 57.1 Å². The molecule has 1 aromatic carbocycles. The Bertz CT molecular complexity index is 981. The van der Waals surface area contributed by atoms with Crippen LogP contribution in [0.4, 0.5) is 0 Å². The number of methoxy groups -OCH3 is 2. The monoisotopic (exact) mass is 522 g/mol. The van der Waals surface area contributed by atoms with Crippen LogP contribution < -0.4 is 14.8 Å². The number of nitrogens with zero attached hydrogens (tertiary/aromatic N) is 1.